The normalized spacial score (nSPS) is 15.5. The SMILES string of the molecule is CC(Cc1ccco1)NCc1cccc2c1OCCCO2. The minimum atomic E-state index is 0.332. The Morgan fingerprint density at radius 2 is 2.05 bits per heavy atom. The van der Waals surface area contributed by atoms with Crippen LogP contribution >= 0.6 is 0 Å². The second-order valence-corrected chi connectivity index (χ2v) is 5.36. The zero-order valence-corrected chi connectivity index (χ0v) is 12.3. The van der Waals surface area contributed by atoms with Gasteiger partial charge in [-0.15, -0.1) is 0 Å². The van der Waals surface area contributed by atoms with Crippen molar-refractivity contribution in [3.8, 4) is 11.5 Å². The predicted octanol–water partition coefficient (Wildman–Crippen LogP) is 3.16. The van der Waals surface area contributed by atoms with Crippen LogP contribution in [-0.2, 0) is 13.0 Å². The summed E-state index contributed by atoms with van der Waals surface area (Å²) in [6, 6.07) is 10.3. The molecule has 1 N–H and O–H groups in total. The summed E-state index contributed by atoms with van der Waals surface area (Å²) in [5, 5.41) is 3.51. The largest absolute Gasteiger partial charge is 0.490 e. The Bertz CT molecular complexity index is 565. The van der Waals surface area contributed by atoms with Crippen LogP contribution in [0.1, 0.15) is 24.7 Å². The molecule has 1 unspecified atom stereocenters. The molecule has 4 heteroatoms. The first kappa shape index (κ1) is 14.0. The van der Waals surface area contributed by atoms with Crippen LogP contribution in [-0.4, -0.2) is 19.3 Å². The fourth-order valence-corrected chi connectivity index (χ4v) is 2.48. The molecule has 0 amide bonds. The number of para-hydroxylation sites is 1. The second kappa shape index (κ2) is 6.68. The van der Waals surface area contributed by atoms with Crippen LogP contribution in [0, 0.1) is 0 Å². The van der Waals surface area contributed by atoms with Gasteiger partial charge in [0.15, 0.2) is 11.5 Å². The van der Waals surface area contributed by atoms with Crippen molar-refractivity contribution in [2.75, 3.05) is 13.2 Å². The van der Waals surface area contributed by atoms with Crippen LogP contribution in [0.25, 0.3) is 0 Å². The topological polar surface area (TPSA) is 43.6 Å². The van der Waals surface area contributed by atoms with Gasteiger partial charge in [-0.05, 0) is 25.1 Å². The molecule has 3 rings (SSSR count). The van der Waals surface area contributed by atoms with E-state index in [0.29, 0.717) is 12.6 Å². The van der Waals surface area contributed by atoms with Crippen molar-refractivity contribution in [1.29, 1.82) is 0 Å². The molecule has 1 aliphatic heterocycles. The third kappa shape index (κ3) is 3.58. The third-order valence-electron chi connectivity index (χ3n) is 3.58. The number of benzene rings is 1. The summed E-state index contributed by atoms with van der Waals surface area (Å²) < 4.78 is 16.9. The number of furan rings is 1. The van der Waals surface area contributed by atoms with Crippen LogP contribution in [0.2, 0.25) is 0 Å². The highest BCUT2D eigenvalue weighted by molar-refractivity contribution is 5.47. The van der Waals surface area contributed by atoms with Crippen molar-refractivity contribution < 1.29 is 13.9 Å². The maximum Gasteiger partial charge on any atom is 0.165 e. The summed E-state index contributed by atoms with van der Waals surface area (Å²) in [5.41, 5.74) is 1.14. The van der Waals surface area contributed by atoms with Gasteiger partial charge in [0, 0.05) is 31.0 Å². The van der Waals surface area contributed by atoms with Gasteiger partial charge < -0.3 is 19.2 Å². The maximum absolute atomic E-state index is 5.83. The highest BCUT2D eigenvalue weighted by Crippen LogP contribution is 2.33. The molecule has 21 heavy (non-hydrogen) atoms. The second-order valence-electron chi connectivity index (χ2n) is 5.36. The van der Waals surface area contributed by atoms with Crippen molar-refractivity contribution in [2.45, 2.75) is 32.4 Å². The van der Waals surface area contributed by atoms with E-state index in [1.807, 2.05) is 24.3 Å². The highest BCUT2D eigenvalue weighted by atomic mass is 16.5. The summed E-state index contributed by atoms with van der Waals surface area (Å²) in [6.45, 7) is 4.35. The summed E-state index contributed by atoms with van der Waals surface area (Å²) >= 11 is 0. The molecule has 2 aromatic rings. The lowest BCUT2D eigenvalue weighted by atomic mass is 10.1. The van der Waals surface area contributed by atoms with Gasteiger partial charge in [-0.3, -0.25) is 0 Å². The zero-order chi connectivity index (χ0) is 14.5. The number of hydrogen-bond donors (Lipinski definition) is 1. The quantitative estimate of drug-likeness (QED) is 0.917. The van der Waals surface area contributed by atoms with Crippen LogP contribution < -0.4 is 14.8 Å². The molecule has 0 radical (unpaired) electrons. The Morgan fingerprint density at radius 1 is 1.14 bits per heavy atom. The van der Waals surface area contributed by atoms with Crippen molar-refractivity contribution in [3.05, 3.63) is 47.9 Å². The van der Waals surface area contributed by atoms with Gasteiger partial charge in [0.05, 0.1) is 19.5 Å². The van der Waals surface area contributed by atoms with Gasteiger partial charge in [0.25, 0.3) is 0 Å². The molecule has 0 bridgehead atoms. The predicted molar refractivity (Wildman–Crippen MR) is 80.8 cm³/mol. The first-order chi connectivity index (χ1) is 10.3. The van der Waals surface area contributed by atoms with E-state index in [1.54, 1.807) is 6.26 Å². The molecule has 2 heterocycles. The molecular weight excluding hydrogens is 266 g/mol. The van der Waals surface area contributed by atoms with E-state index >= 15 is 0 Å². The Balaban J connectivity index is 1.62. The van der Waals surface area contributed by atoms with E-state index in [-0.39, 0.29) is 0 Å². The van der Waals surface area contributed by atoms with Crippen molar-refractivity contribution in [2.24, 2.45) is 0 Å². The first-order valence-corrected chi connectivity index (χ1v) is 7.46. The van der Waals surface area contributed by atoms with Gasteiger partial charge in [0.1, 0.15) is 5.76 Å². The Kier molecular flexibility index (Phi) is 4.46. The lowest BCUT2D eigenvalue weighted by molar-refractivity contribution is 0.295. The molecule has 0 saturated heterocycles. The maximum atomic E-state index is 5.83. The molecular formula is C17H21NO3. The first-order valence-electron chi connectivity index (χ1n) is 7.46. The summed E-state index contributed by atoms with van der Waals surface area (Å²) in [4.78, 5) is 0. The van der Waals surface area contributed by atoms with E-state index in [9.17, 15) is 0 Å². The number of fused-ring (bicyclic) bond motifs is 1. The molecule has 1 atom stereocenters. The lowest BCUT2D eigenvalue weighted by Crippen LogP contribution is -2.27. The van der Waals surface area contributed by atoms with Crippen LogP contribution in [0.4, 0.5) is 0 Å². The fraction of sp³-hybridized carbons (Fsp3) is 0.412. The van der Waals surface area contributed by atoms with Crippen LogP contribution in [0.15, 0.2) is 41.0 Å². The van der Waals surface area contributed by atoms with Gasteiger partial charge in [-0.1, -0.05) is 12.1 Å². The van der Waals surface area contributed by atoms with Crippen molar-refractivity contribution in [1.82, 2.24) is 5.32 Å². The van der Waals surface area contributed by atoms with Crippen molar-refractivity contribution >= 4 is 0 Å². The summed E-state index contributed by atoms with van der Waals surface area (Å²) in [6.07, 6.45) is 3.51. The monoisotopic (exact) mass is 287 g/mol. The van der Waals surface area contributed by atoms with Crippen LogP contribution in [0.5, 0.6) is 11.5 Å². The third-order valence-corrected chi connectivity index (χ3v) is 3.58. The number of nitrogens with one attached hydrogen (secondary N) is 1. The lowest BCUT2D eigenvalue weighted by Gasteiger charge is -2.16. The molecule has 1 aromatic carbocycles. The number of ether oxygens (including phenoxy) is 2. The number of rotatable bonds is 5. The molecule has 0 saturated carbocycles. The molecule has 1 aliphatic rings. The Morgan fingerprint density at radius 3 is 2.90 bits per heavy atom. The fourth-order valence-electron chi connectivity index (χ4n) is 2.48. The van der Waals surface area contributed by atoms with E-state index < -0.39 is 0 Å². The summed E-state index contributed by atoms with van der Waals surface area (Å²) in [7, 11) is 0. The van der Waals surface area contributed by atoms with Gasteiger partial charge >= 0.3 is 0 Å². The summed E-state index contributed by atoms with van der Waals surface area (Å²) in [5.74, 6) is 2.74. The standard InChI is InChI=1S/C17H21NO3/c1-13(11-15-6-3-8-19-15)18-12-14-5-2-7-16-17(14)21-10-4-9-20-16/h2-3,5-8,13,18H,4,9-12H2,1H3. The molecule has 0 aliphatic carbocycles. The van der Waals surface area contributed by atoms with Crippen molar-refractivity contribution in [3.63, 3.8) is 0 Å². The molecule has 4 nitrogen and oxygen atoms in total. The van der Waals surface area contributed by atoms with Gasteiger partial charge in [-0.25, -0.2) is 0 Å². The zero-order valence-electron chi connectivity index (χ0n) is 12.3. The smallest absolute Gasteiger partial charge is 0.165 e. The average molecular weight is 287 g/mol. The molecule has 0 spiro atoms. The minimum Gasteiger partial charge on any atom is -0.490 e. The Labute approximate surface area is 125 Å². The van der Waals surface area contributed by atoms with E-state index in [0.717, 1.165) is 48.8 Å². The highest BCUT2D eigenvalue weighted by Gasteiger charge is 2.15. The van der Waals surface area contributed by atoms with Crippen LogP contribution in [0.3, 0.4) is 0 Å². The Hall–Kier alpha value is -1.94. The minimum absolute atomic E-state index is 0.332. The van der Waals surface area contributed by atoms with Gasteiger partial charge in [0.2, 0.25) is 0 Å². The average Bonchev–Trinajstić information content (AvgIpc) is 2.87. The molecule has 112 valence electrons. The van der Waals surface area contributed by atoms with E-state index in [4.69, 9.17) is 13.9 Å². The van der Waals surface area contributed by atoms with E-state index in [1.165, 1.54) is 0 Å². The molecule has 1 aromatic heterocycles. The molecule has 0 fully saturated rings. The van der Waals surface area contributed by atoms with E-state index in [2.05, 4.69) is 18.3 Å². The number of hydrogen-bond acceptors (Lipinski definition) is 4. The van der Waals surface area contributed by atoms with Gasteiger partial charge in [-0.2, -0.15) is 0 Å².